The summed E-state index contributed by atoms with van der Waals surface area (Å²) in [5, 5.41) is 0. The molecule has 0 spiro atoms. The molecule has 7 nitrogen and oxygen atoms in total. The van der Waals surface area contributed by atoms with E-state index >= 15 is 0 Å². The van der Waals surface area contributed by atoms with Crippen LogP contribution < -0.4 is 19.1 Å². The predicted octanol–water partition coefficient (Wildman–Crippen LogP) is 4.40. The van der Waals surface area contributed by atoms with Gasteiger partial charge in [-0.25, -0.2) is 8.42 Å². The maximum Gasteiger partial charge on any atom is 0.262 e. The highest BCUT2D eigenvalue weighted by atomic mass is 32.2. The fourth-order valence-electron chi connectivity index (χ4n) is 3.23. The molecule has 1 N–H and O–H groups in total. The third-order valence-electron chi connectivity index (χ3n) is 5.08. The number of rotatable bonds is 7. The molecular formula is C24H26N2O5S. The Hall–Kier alpha value is -3.52. The van der Waals surface area contributed by atoms with Crippen molar-refractivity contribution in [3.63, 3.8) is 0 Å². The number of aryl methyl sites for hydroxylation is 2. The Labute approximate surface area is 188 Å². The van der Waals surface area contributed by atoms with E-state index in [1.807, 2.05) is 13.0 Å². The van der Waals surface area contributed by atoms with Gasteiger partial charge < -0.3 is 14.4 Å². The summed E-state index contributed by atoms with van der Waals surface area (Å²) in [6.07, 6.45) is 0. The molecule has 3 aromatic carbocycles. The summed E-state index contributed by atoms with van der Waals surface area (Å²) < 4.78 is 38.7. The zero-order valence-corrected chi connectivity index (χ0v) is 19.5. The molecule has 0 aliphatic rings. The van der Waals surface area contributed by atoms with Gasteiger partial charge in [0.2, 0.25) is 0 Å². The van der Waals surface area contributed by atoms with Crippen molar-refractivity contribution in [1.29, 1.82) is 0 Å². The van der Waals surface area contributed by atoms with Gasteiger partial charge >= 0.3 is 0 Å². The van der Waals surface area contributed by atoms with E-state index in [-0.39, 0.29) is 10.8 Å². The molecule has 0 radical (unpaired) electrons. The molecule has 0 heterocycles. The highest BCUT2D eigenvalue weighted by Crippen LogP contribution is 2.31. The van der Waals surface area contributed by atoms with Gasteiger partial charge in [-0.05, 0) is 67.4 Å². The van der Waals surface area contributed by atoms with Crippen LogP contribution in [-0.4, -0.2) is 35.6 Å². The average Bonchev–Trinajstić information content (AvgIpc) is 2.79. The molecule has 168 valence electrons. The summed E-state index contributed by atoms with van der Waals surface area (Å²) in [4.78, 5) is 14.6. The van der Waals surface area contributed by atoms with Crippen LogP contribution in [0.15, 0.2) is 65.6 Å². The zero-order chi connectivity index (χ0) is 23.5. The first-order valence-electron chi connectivity index (χ1n) is 9.86. The molecule has 0 saturated carbocycles. The topological polar surface area (TPSA) is 84.9 Å². The number of anilines is 2. The Balaban J connectivity index is 1.79. The van der Waals surface area contributed by atoms with Crippen LogP contribution in [0.3, 0.4) is 0 Å². The van der Waals surface area contributed by atoms with Gasteiger partial charge in [0.05, 0.1) is 19.1 Å². The van der Waals surface area contributed by atoms with Crippen LogP contribution in [-0.2, 0) is 10.0 Å². The van der Waals surface area contributed by atoms with E-state index in [1.165, 1.54) is 12.0 Å². The van der Waals surface area contributed by atoms with Gasteiger partial charge in [0.25, 0.3) is 15.9 Å². The van der Waals surface area contributed by atoms with Crippen molar-refractivity contribution in [3.05, 3.63) is 77.4 Å². The molecule has 0 aliphatic carbocycles. The molecule has 0 saturated heterocycles. The predicted molar refractivity (Wildman–Crippen MR) is 125 cm³/mol. The Morgan fingerprint density at radius 2 is 1.53 bits per heavy atom. The normalized spacial score (nSPS) is 11.0. The van der Waals surface area contributed by atoms with Crippen LogP contribution in [0.4, 0.5) is 11.4 Å². The summed E-state index contributed by atoms with van der Waals surface area (Å²) >= 11 is 0. The summed E-state index contributed by atoms with van der Waals surface area (Å²) in [5.41, 5.74) is 2.93. The summed E-state index contributed by atoms with van der Waals surface area (Å²) in [5.74, 6) is 0.833. The van der Waals surface area contributed by atoms with E-state index in [0.29, 0.717) is 34.0 Å². The van der Waals surface area contributed by atoms with Crippen molar-refractivity contribution in [2.75, 3.05) is 30.9 Å². The second-order valence-corrected chi connectivity index (χ2v) is 9.01. The Morgan fingerprint density at radius 3 is 2.16 bits per heavy atom. The highest BCUT2D eigenvalue weighted by molar-refractivity contribution is 7.92. The number of methoxy groups -OCH3 is 2. The van der Waals surface area contributed by atoms with Gasteiger partial charge in [0.1, 0.15) is 0 Å². The number of hydrogen-bond acceptors (Lipinski definition) is 5. The first kappa shape index (κ1) is 23.1. The van der Waals surface area contributed by atoms with Crippen molar-refractivity contribution in [3.8, 4) is 11.5 Å². The standard InChI is InChI=1S/C24H26N2O5S/c1-16-6-7-17(2)23(14-16)32(28,29)25-19-10-8-18(9-11-19)24(27)26(3)20-12-13-21(30-4)22(15-20)31-5/h6-15,25H,1-5H3. The third-order valence-corrected chi connectivity index (χ3v) is 6.60. The third kappa shape index (κ3) is 4.86. The SMILES string of the molecule is COc1ccc(N(C)C(=O)c2ccc(NS(=O)(=O)c3cc(C)ccc3C)cc2)cc1OC. The van der Waals surface area contributed by atoms with Gasteiger partial charge in [-0.3, -0.25) is 9.52 Å². The zero-order valence-electron chi connectivity index (χ0n) is 18.7. The van der Waals surface area contributed by atoms with Gasteiger partial charge in [-0.15, -0.1) is 0 Å². The minimum Gasteiger partial charge on any atom is -0.493 e. The van der Waals surface area contributed by atoms with Gasteiger partial charge in [0.15, 0.2) is 11.5 Å². The van der Waals surface area contributed by atoms with Crippen LogP contribution in [0.2, 0.25) is 0 Å². The number of carbonyl (C=O) groups is 1. The molecule has 3 rings (SSSR count). The van der Waals surface area contributed by atoms with Crippen LogP contribution in [0.1, 0.15) is 21.5 Å². The molecule has 0 unspecified atom stereocenters. The fraction of sp³-hybridized carbons (Fsp3) is 0.208. The number of amides is 1. The molecule has 0 fully saturated rings. The maximum atomic E-state index is 12.9. The van der Waals surface area contributed by atoms with E-state index in [4.69, 9.17) is 9.47 Å². The first-order valence-corrected chi connectivity index (χ1v) is 11.3. The molecule has 32 heavy (non-hydrogen) atoms. The average molecular weight is 455 g/mol. The maximum absolute atomic E-state index is 12.9. The molecular weight excluding hydrogens is 428 g/mol. The van der Waals surface area contributed by atoms with Gasteiger partial charge in [-0.1, -0.05) is 12.1 Å². The smallest absolute Gasteiger partial charge is 0.262 e. The van der Waals surface area contributed by atoms with Crippen molar-refractivity contribution < 1.29 is 22.7 Å². The van der Waals surface area contributed by atoms with Crippen molar-refractivity contribution in [2.24, 2.45) is 0 Å². The Bertz CT molecular complexity index is 1240. The van der Waals surface area contributed by atoms with Crippen molar-refractivity contribution in [1.82, 2.24) is 0 Å². The molecule has 0 aromatic heterocycles. The van der Waals surface area contributed by atoms with E-state index < -0.39 is 10.0 Å². The summed E-state index contributed by atoms with van der Waals surface area (Å²) in [7, 11) is 0.982. The lowest BCUT2D eigenvalue weighted by atomic mass is 10.1. The van der Waals surface area contributed by atoms with E-state index in [9.17, 15) is 13.2 Å². The van der Waals surface area contributed by atoms with Crippen molar-refractivity contribution in [2.45, 2.75) is 18.7 Å². The number of nitrogens with zero attached hydrogens (tertiary/aromatic N) is 1. The lowest BCUT2D eigenvalue weighted by Gasteiger charge is -2.19. The molecule has 0 aliphatic heterocycles. The molecule has 0 atom stereocenters. The monoisotopic (exact) mass is 454 g/mol. The van der Waals surface area contributed by atoms with Crippen molar-refractivity contribution >= 4 is 27.3 Å². The second kappa shape index (κ2) is 9.32. The van der Waals surface area contributed by atoms with Gasteiger partial charge in [0, 0.05) is 30.1 Å². The van der Waals surface area contributed by atoms with E-state index in [0.717, 1.165) is 5.56 Å². The van der Waals surface area contributed by atoms with Crippen LogP contribution >= 0.6 is 0 Å². The number of carbonyl (C=O) groups excluding carboxylic acids is 1. The highest BCUT2D eigenvalue weighted by Gasteiger charge is 2.19. The van der Waals surface area contributed by atoms with Crippen LogP contribution in [0.5, 0.6) is 11.5 Å². The molecule has 3 aromatic rings. The number of benzene rings is 3. The summed E-state index contributed by atoms with van der Waals surface area (Å²) in [6, 6.07) is 16.8. The molecule has 8 heteroatoms. The minimum absolute atomic E-state index is 0.228. The first-order chi connectivity index (χ1) is 15.2. The Kier molecular flexibility index (Phi) is 6.74. The number of nitrogens with one attached hydrogen (secondary N) is 1. The van der Waals surface area contributed by atoms with E-state index in [1.54, 1.807) is 75.7 Å². The van der Waals surface area contributed by atoms with Gasteiger partial charge in [-0.2, -0.15) is 0 Å². The minimum atomic E-state index is -3.74. The quantitative estimate of drug-likeness (QED) is 0.572. The Morgan fingerprint density at radius 1 is 0.875 bits per heavy atom. The lowest BCUT2D eigenvalue weighted by molar-refractivity contribution is 0.0993. The second-order valence-electron chi connectivity index (χ2n) is 7.36. The number of hydrogen-bond donors (Lipinski definition) is 1. The lowest BCUT2D eigenvalue weighted by Crippen LogP contribution is -2.26. The van der Waals surface area contributed by atoms with Crippen LogP contribution in [0, 0.1) is 13.8 Å². The molecule has 0 bridgehead atoms. The summed E-state index contributed by atoms with van der Waals surface area (Å²) in [6.45, 7) is 3.59. The molecule has 1 amide bonds. The number of ether oxygens (including phenoxy) is 2. The number of sulfonamides is 1. The van der Waals surface area contributed by atoms with Crippen LogP contribution in [0.25, 0.3) is 0 Å². The largest absolute Gasteiger partial charge is 0.493 e. The fourth-order valence-corrected chi connectivity index (χ4v) is 4.62. The van der Waals surface area contributed by atoms with E-state index in [2.05, 4.69) is 4.72 Å².